The third kappa shape index (κ3) is 2.37. The van der Waals surface area contributed by atoms with Crippen LogP contribution < -0.4 is 0 Å². The van der Waals surface area contributed by atoms with Crippen LogP contribution in [0.15, 0.2) is 12.5 Å². The quantitative estimate of drug-likeness (QED) is 0.805. The Kier molecular flexibility index (Phi) is 3.51. The summed E-state index contributed by atoms with van der Waals surface area (Å²) in [6.45, 7) is -0.0895. The highest BCUT2D eigenvalue weighted by molar-refractivity contribution is 5.92. The molecule has 2 aromatic heterocycles. The van der Waals surface area contributed by atoms with Gasteiger partial charge in [-0.15, -0.1) is 5.10 Å². The van der Waals surface area contributed by atoms with Crippen LogP contribution in [0, 0.1) is 0 Å². The zero-order valence-corrected chi connectivity index (χ0v) is 11.3. The van der Waals surface area contributed by atoms with Gasteiger partial charge in [-0.3, -0.25) is 4.79 Å². The largest absolute Gasteiger partial charge is 0.476 e. The number of carbonyl (C=O) groups is 2. The number of carboxylic acids is 1. The maximum Gasteiger partial charge on any atom is 0.358 e. The Morgan fingerprint density at radius 3 is 2.60 bits per heavy atom. The molecule has 9 heteroatoms. The SMILES string of the molecule is CN(C)C(=O)Cn1nnc(C(=O)O)c1-c1cncn1C. The van der Waals surface area contributed by atoms with Gasteiger partial charge >= 0.3 is 5.97 Å². The van der Waals surface area contributed by atoms with Crippen LogP contribution in [-0.4, -0.2) is 60.5 Å². The molecule has 0 aliphatic carbocycles. The van der Waals surface area contributed by atoms with Gasteiger partial charge in [-0.25, -0.2) is 14.5 Å². The summed E-state index contributed by atoms with van der Waals surface area (Å²) in [5.74, 6) is -1.42. The lowest BCUT2D eigenvalue weighted by molar-refractivity contribution is -0.129. The van der Waals surface area contributed by atoms with E-state index >= 15 is 0 Å². The Labute approximate surface area is 114 Å². The lowest BCUT2D eigenvalue weighted by atomic mass is 10.2. The highest BCUT2D eigenvalue weighted by Gasteiger charge is 2.24. The maximum absolute atomic E-state index is 11.8. The lowest BCUT2D eigenvalue weighted by Gasteiger charge is -2.11. The number of amides is 1. The summed E-state index contributed by atoms with van der Waals surface area (Å²) in [6.07, 6.45) is 3.04. The summed E-state index contributed by atoms with van der Waals surface area (Å²) in [4.78, 5) is 28.3. The molecule has 0 unspecified atom stereocenters. The summed E-state index contributed by atoms with van der Waals surface area (Å²) < 4.78 is 2.91. The van der Waals surface area contributed by atoms with E-state index in [2.05, 4.69) is 15.3 Å². The highest BCUT2D eigenvalue weighted by Crippen LogP contribution is 2.21. The molecule has 0 spiro atoms. The van der Waals surface area contributed by atoms with Crippen LogP contribution in [0.5, 0.6) is 0 Å². The number of hydrogen-bond acceptors (Lipinski definition) is 5. The van der Waals surface area contributed by atoms with E-state index in [-0.39, 0.29) is 23.8 Å². The van der Waals surface area contributed by atoms with Crippen LogP contribution in [-0.2, 0) is 18.4 Å². The maximum atomic E-state index is 11.8. The molecule has 0 aromatic carbocycles. The number of aryl methyl sites for hydroxylation is 1. The van der Waals surface area contributed by atoms with Crippen molar-refractivity contribution >= 4 is 11.9 Å². The van der Waals surface area contributed by atoms with E-state index in [1.807, 2.05) is 0 Å². The summed E-state index contributed by atoms with van der Waals surface area (Å²) >= 11 is 0. The fourth-order valence-corrected chi connectivity index (χ4v) is 1.68. The second kappa shape index (κ2) is 5.11. The molecule has 0 saturated heterocycles. The fourth-order valence-electron chi connectivity index (χ4n) is 1.68. The average molecular weight is 278 g/mol. The van der Waals surface area contributed by atoms with Gasteiger partial charge in [0.1, 0.15) is 12.2 Å². The topological polar surface area (TPSA) is 106 Å². The standard InChI is InChI=1S/C11H14N6O3/c1-15(2)8(18)5-17-10(7-4-12-6-16(7)3)9(11(19)20)13-14-17/h4,6H,5H2,1-3H3,(H,19,20). The first-order valence-corrected chi connectivity index (χ1v) is 5.75. The van der Waals surface area contributed by atoms with Crippen LogP contribution in [0.1, 0.15) is 10.5 Å². The Hall–Kier alpha value is -2.71. The number of aromatic nitrogens is 5. The Bertz CT molecular complexity index is 657. The van der Waals surface area contributed by atoms with Crippen LogP contribution >= 0.6 is 0 Å². The molecule has 2 heterocycles. The molecule has 0 atom stereocenters. The number of rotatable bonds is 4. The monoisotopic (exact) mass is 278 g/mol. The van der Waals surface area contributed by atoms with E-state index < -0.39 is 5.97 Å². The number of aromatic carboxylic acids is 1. The number of likely N-dealkylation sites (N-methyl/N-ethyl adjacent to an activating group) is 1. The predicted molar refractivity (Wildman–Crippen MR) is 67.9 cm³/mol. The van der Waals surface area contributed by atoms with E-state index in [0.29, 0.717) is 5.69 Å². The van der Waals surface area contributed by atoms with Gasteiger partial charge in [-0.05, 0) is 0 Å². The van der Waals surface area contributed by atoms with E-state index in [1.165, 1.54) is 22.1 Å². The van der Waals surface area contributed by atoms with E-state index in [1.54, 1.807) is 25.7 Å². The van der Waals surface area contributed by atoms with Crippen molar-refractivity contribution in [1.29, 1.82) is 0 Å². The van der Waals surface area contributed by atoms with Crippen molar-refractivity contribution in [3.63, 3.8) is 0 Å². The van der Waals surface area contributed by atoms with E-state index in [0.717, 1.165) is 0 Å². The Morgan fingerprint density at radius 2 is 2.10 bits per heavy atom. The molecular weight excluding hydrogens is 264 g/mol. The summed E-state index contributed by atoms with van der Waals surface area (Å²) in [6, 6.07) is 0. The molecule has 106 valence electrons. The van der Waals surface area contributed by atoms with Gasteiger partial charge in [0.2, 0.25) is 5.91 Å². The lowest BCUT2D eigenvalue weighted by Crippen LogP contribution is -2.27. The summed E-state index contributed by atoms with van der Waals surface area (Å²) in [7, 11) is 4.95. The third-order valence-electron chi connectivity index (χ3n) is 2.78. The second-order valence-corrected chi connectivity index (χ2v) is 4.43. The Morgan fingerprint density at radius 1 is 1.40 bits per heavy atom. The van der Waals surface area contributed by atoms with E-state index in [9.17, 15) is 14.7 Å². The van der Waals surface area contributed by atoms with Crippen molar-refractivity contribution in [1.82, 2.24) is 29.4 Å². The van der Waals surface area contributed by atoms with Gasteiger partial charge in [0.25, 0.3) is 0 Å². The number of carboxylic acid groups (broad SMARTS) is 1. The predicted octanol–water partition coefficient (Wildman–Crippen LogP) is -0.535. The minimum absolute atomic E-state index is 0.0895. The highest BCUT2D eigenvalue weighted by atomic mass is 16.4. The molecule has 9 nitrogen and oxygen atoms in total. The summed E-state index contributed by atoms with van der Waals surface area (Å²) in [5.41, 5.74) is 0.576. The zero-order chi connectivity index (χ0) is 14.9. The van der Waals surface area contributed by atoms with Crippen molar-refractivity contribution in [2.75, 3.05) is 14.1 Å². The summed E-state index contributed by atoms with van der Waals surface area (Å²) in [5, 5.41) is 16.6. The van der Waals surface area contributed by atoms with Crippen molar-refractivity contribution in [3.8, 4) is 11.4 Å². The smallest absolute Gasteiger partial charge is 0.358 e. The molecule has 0 aliphatic rings. The van der Waals surface area contributed by atoms with Gasteiger partial charge in [0.15, 0.2) is 5.69 Å². The zero-order valence-electron chi connectivity index (χ0n) is 11.3. The van der Waals surface area contributed by atoms with Crippen molar-refractivity contribution < 1.29 is 14.7 Å². The fraction of sp³-hybridized carbons (Fsp3) is 0.364. The van der Waals surface area contributed by atoms with Crippen LogP contribution in [0.25, 0.3) is 11.4 Å². The van der Waals surface area contributed by atoms with Gasteiger partial charge in [0, 0.05) is 21.1 Å². The van der Waals surface area contributed by atoms with Crippen molar-refractivity contribution in [3.05, 3.63) is 18.2 Å². The van der Waals surface area contributed by atoms with Crippen LogP contribution in [0.4, 0.5) is 0 Å². The average Bonchev–Trinajstić information content (AvgIpc) is 2.95. The van der Waals surface area contributed by atoms with Crippen LogP contribution in [0.2, 0.25) is 0 Å². The molecule has 1 amide bonds. The number of carbonyl (C=O) groups excluding carboxylic acids is 1. The second-order valence-electron chi connectivity index (χ2n) is 4.43. The minimum atomic E-state index is -1.20. The molecule has 20 heavy (non-hydrogen) atoms. The molecule has 0 aliphatic heterocycles. The molecule has 1 N–H and O–H groups in total. The van der Waals surface area contributed by atoms with E-state index in [4.69, 9.17) is 0 Å². The first-order valence-electron chi connectivity index (χ1n) is 5.75. The van der Waals surface area contributed by atoms with Gasteiger partial charge in [-0.1, -0.05) is 5.21 Å². The van der Waals surface area contributed by atoms with Gasteiger partial charge in [0.05, 0.1) is 18.2 Å². The minimum Gasteiger partial charge on any atom is -0.476 e. The first kappa shape index (κ1) is 13.7. The Balaban J connectivity index is 2.51. The molecule has 0 saturated carbocycles. The van der Waals surface area contributed by atoms with Crippen molar-refractivity contribution in [2.24, 2.45) is 7.05 Å². The molecule has 0 radical (unpaired) electrons. The van der Waals surface area contributed by atoms with Crippen molar-refractivity contribution in [2.45, 2.75) is 6.54 Å². The van der Waals surface area contributed by atoms with Gasteiger partial charge in [-0.2, -0.15) is 0 Å². The number of imidazole rings is 1. The molecule has 0 fully saturated rings. The molecule has 2 aromatic rings. The number of hydrogen-bond donors (Lipinski definition) is 1. The molecular formula is C11H14N6O3. The number of nitrogens with zero attached hydrogens (tertiary/aromatic N) is 6. The third-order valence-corrected chi connectivity index (χ3v) is 2.78. The van der Waals surface area contributed by atoms with Crippen LogP contribution in [0.3, 0.4) is 0 Å². The van der Waals surface area contributed by atoms with Gasteiger partial charge < -0.3 is 14.6 Å². The molecule has 0 bridgehead atoms. The normalized spacial score (nSPS) is 10.6. The first-order chi connectivity index (χ1) is 9.41. The molecule has 2 rings (SSSR count).